The molecule has 0 aromatic carbocycles. The van der Waals surface area contributed by atoms with Crippen LogP contribution >= 0.6 is 11.3 Å². The number of thiazole rings is 1. The molecule has 1 aromatic heterocycles. The predicted molar refractivity (Wildman–Crippen MR) is 59.8 cm³/mol. The lowest BCUT2D eigenvalue weighted by molar-refractivity contribution is 0.193. The molecule has 0 radical (unpaired) electrons. The molecule has 14 heavy (non-hydrogen) atoms. The Balaban J connectivity index is 2.25. The maximum atomic E-state index is 4.98. The zero-order chi connectivity index (χ0) is 10.4. The molecule has 3 nitrogen and oxygen atoms in total. The van der Waals surface area contributed by atoms with Crippen LogP contribution in [0.2, 0.25) is 0 Å². The highest BCUT2D eigenvalue weighted by Crippen LogP contribution is 2.16. The first-order chi connectivity index (χ1) is 6.74. The summed E-state index contributed by atoms with van der Waals surface area (Å²) in [6.07, 6.45) is 1.05. The predicted octanol–water partition coefficient (Wildman–Crippen LogP) is 2.14. The standard InChI is InChI=1S/C10H18N2OS/c1-8-7-14-10(12-8)9(2)11-5-4-6-13-3/h7,9,11H,4-6H2,1-3H3. The van der Waals surface area contributed by atoms with E-state index in [4.69, 9.17) is 4.74 Å². The van der Waals surface area contributed by atoms with E-state index in [-0.39, 0.29) is 0 Å². The van der Waals surface area contributed by atoms with Gasteiger partial charge >= 0.3 is 0 Å². The zero-order valence-electron chi connectivity index (χ0n) is 9.04. The average Bonchev–Trinajstić information content (AvgIpc) is 2.59. The van der Waals surface area contributed by atoms with Crippen molar-refractivity contribution in [3.05, 3.63) is 16.1 Å². The lowest BCUT2D eigenvalue weighted by Gasteiger charge is -2.10. The lowest BCUT2D eigenvalue weighted by atomic mass is 10.3. The van der Waals surface area contributed by atoms with Gasteiger partial charge in [0.25, 0.3) is 0 Å². The van der Waals surface area contributed by atoms with Crippen LogP contribution in [-0.2, 0) is 4.74 Å². The van der Waals surface area contributed by atoms with Gasteiger partial charge in [0.1, 0.15) is 5.01 Å². The van der Waals surface area contributed by atoms with Crippen LogP contribution in [0.3, 0.4) is 0 Å². The van der Waals surface area contributed by atoms with Crippen LogP contribution in [0, 0.1) is 6.92 Å². The van der Waals surface area contributed by atoms with Gasteiger partial charge in [-0.1, -0.05) is 0 Å². The quantitative estimate of drug-likeness (QED) is 0.737. The smallest absolute Gasteiger partial charge is 0.110 e. The maximum absolute atomic E-state index is 4.98. The summed E-state index contributed by atoms with van der Waals surface area (Å²) >= 11 is 1.72. The number of aromatic nitrogens is 1. The van der Waals surface area contributed by atoms with Crippen LogP contribution in [-0.4, -0.2) is 25.2 Å². The van der Waals surface area contributed by atoms with Crippen LogP contribution in [0.25, 0.3) is 0 Å². The zero-order valence-corrected chi connectivity index (χ0v) is 9.86. The van der Waals surface area contributed by atoms with Crippen molar-refractivity contribution in [2.75, 3.05) is 20.3 Å². The molecule has 1 aromatic rings. The Bertz CT molecular complexity index is 262. The van der Waals surface area contributed by atoms with Gasteiger partial charge in [-0.25, -0.2) is 4.98 Å². The van der Waals surface area contributed by atoms with E-state index >= 15 is 0 Å². The number of aryl methyl sites for hydroxylation is 1. The number of hydrogen-bond donors (Lipinski definition) is 1. The number of rotatable bonds is 6. The number of methoxy groups -OCH3 is 1. The minimum Gasteiger partial charge on any atom is -0.385 e. The number of hydrogen-bond acceptors (Lipinski definition) is 4. The number of ether oxygens (including phenoxy) is 1. The summed E-state index contributed by atoms with van der Waals surface area (Å²) in [7, 11) is 1.73. The molecule has 1 unspecified atom stereocenters. The van der Waals surface area contributed by atoms with Crippen molar-refractivity contribution in [3.63, 3.8) is 0 Å². The summed E-state index contributed by atoms with van der Waals surface area (Å²) in [5, 5.41) is 6.67. The SMILES string of the molecule is COCCCNC(C)c1nc(C)cs1. The molecule has 80 valence electrons. The number of nitrogens with zero attached hydrogens (tertiary/aromatic N) is 1. The summed E-state index contributed by atoms with van der Waals surface area (Å²) in [4.78, 5) is 4.43. The Morgan fingerprint density at radius 2 is 2.43 bits per heavy atom. The van der Waals surface area contributed by atoms with Gasteiger partial charge in [-0.3, -0.25) is 0 Å². The van der Waals surface area contributed by atoms with Crippen molar-refractivity contribution in [1.29, 1.82) is 0 Å². The van der Waals surface area contributed by atoms with Gasteiger partial charge in [0.2, 0.25) is 0 Å². The van der Waals surface area contributed by atoms with Crippen LogP contribution in [0.15, 0.2) is 5.38 Å². The summed E-state index contributed by atoms with van der Waals surface area (Å²) in [5.41, 5.74) is 1.11. The highest BCUT2D eigenvalue weighted by molar-refractivity contribution is 7.09. The highest BCUT2D eigenvalue weighted by atomic mass is 32.1. The van der Waals surface area contributed by atoms with Crippen molar-refractivity contribution in [3.8, 4) is 0 Å². The molecular formula is C10H18N2OS. The fourth-order valence-corrected chi connectivity index (χ4v) is 2.02. The Hall–Kier alpha value is -0.450. The van der Waals surface area contributed by atoms with Crippen LogP contribution in [0.4, 0.5) is 0 Å². The molecule has 0 saturated heterocycles. The molecule has 1 atom stereocenters. The lowest BCUT2D eigenvalue weighted by Crippen LogP contribution is -2.20. The summed E-state index contributed by atoms with van der Waals surface area (Å²) < 4.78 is 4.98. The molecule has 1 heterocycles. The van der Waals surface area contributed by atoms with Crippen LogP contribution in [0.5, 0.6) is 0 Å². The highest BCUT2D eigenvalue weighted by Gasteiger charge is 2.07. The second-order valence-corrected chi connectivity index (χ2v) is 4.24. The van der Waals surface area contributed by atoms with Gasteiger partial charge in [-0.05, 0) is 26.8 Å². The average molecular weight is 214 g/mol. The van der Waals surface area contributed by atoms with E-state index in [1.165, 1.54) is 5.01 Å². The maximum Gasteiger partial charge on any atom is 0.110 e. The van der Waals surface area contributed by atoms with Gasteiger partial charge in [0.05, 0.1) is 6.04 Å². The third kappa shape index (κ3) is 3.74. The number of nitrogens with one attached hydrogen (secondary N) is 1. The Labute approximate surface area is 89.5 Å². The molecule has 0 aliphatic rings. The third-order valence-electron chi connectivity index (χ3n) is 1.98. The molecule has 1 rings (SSSR count). The van der Waals surface area contributed by atoms with Crippen molar-refractivity contribution in [1.82, 2.24) is 10.3 Å². The van der Waals surface area contributed by atoms with Gasteiger partial charge < -0.3 is 10.1 Å². The normalized spacial score (nSPS) is 13.1. The summed E-state index contributed by atoms with van der Waals surface area (Å²) in [6, 6.07) is 0.352. The molecule has 0 saturated carbocycles. The van der Waals surface area contributed by atoms with Crippen molar-refractivity contribution < 1.29 is 4.74 Å². The van der Waals surface area contributed by atoms with Crippen molar-refractivity contribution in [2.24, 2.45) is 0 Å². The van der Waals surface area contributed by atoms with E-state index in [0.717, 1.165) is 25.3 Å². The molecule has 4 heteroatoms. The third-order valence-corrected chi connectivity index (χ3v) is 3.13. The van der Waals surface area contributed by atoms with Crippen molar-refractivity contribution in [2.45, 2.75) is 26.3 Å². The summed E-state index contributed by atoms with van der Waals surface area (Å²) in [5.74, 6) is 0. The first-order valence-electron chi connectivity index (χ1n) is 4.88. The van der Waals surface area contributed by atoms with E-state index in [1.54, 1.807) is 18.4 Å². The van der Waals surface area contributed by atoms with Gasteiger partial charge in [0, 0.05) is 24.8 Å². The molecular weight excluding hydrogens is 196 g/mol. The monoisotopic (exact) mass is 214 g/mol. The minimum absolute atomic E-state index is 0.352. The fourth-order valence-electron chi connectivity index (χ4n) is 1.19. The Morgan fingerprint density at radius 1 is 1.64 bits per heavy atom. The second-order valence-electron chi connectivity index (χ2n) is 3.35. The van der Waals surface area contributed by atoms with E-state index in [2.05, 4.69) is 22.6 Å². The molecule has 0 bridgehead atoms. The van der Waals surface area contributed by atoms with E-state index in [9.17, 15) is 0 Å². The van der Waals surface area contributed by atoms with E-state index in [1.807, 2.05) is 6.92 Å². The molecule has 0 aliphatic heterocycles. The van der Waals surface area contributed by atoms with Crippen LogP contribution < -0.4 is 5.32 Å². The van der Waals surface area contributed by atoms with Crippen LogP contribution in [0.1, 0.15) is 30.1 Å². The van der Waals surface area contributed by atoms with E-state index in [0.29, 0.717) is 6.04 Å². The Morgan fingerprint density at radius 3 is 3.00 bits per heavy atom. The minimum atomic E-state index is 0.352. The first-order valence-corrected chi connectivity index (χ1v) is 5.76. The fraction of sp³-hybridized carbons (Fsp3) is 0.700. The molecule has 0 aliphatic carbocycles. The molecule has 0 spiro atoms. The molecule has 0 fully saturated rings. The van der Waals surface area contributed by atoms with Gasteiger partial charge in [0.15, 0.2) is 0 Å². The Kier molecular flexibility index (Phi) is 5.07. The summed E-state index contributed by atoms with van der Waals surface area (Å²) in [6.45, 7) is 5.97. The molecule has 0 amide bonds. The molecule has 1 N–H and O–H groups in total. The van der Waals surface area contributed by atoms with Gasteiger partial charge in [-0.2, -0.15) is 0 Å². The topological polar surface area (TPSA) is 34.1 Å². The largest absolute Gasteiger partial charge is 0.385 e. The first kappa shape index (κ1) is 11.6. The van der Waals surface area contributed by atoms with Gasteiger partial charge in [-0.15, -0.1) is 11.3 Å². The second kappa shape index (κ2) is 6.11. The van der Waals surface area contributed by atoms with Crippen molar-refractivity contribution >= 4 is 11.3 Å². The van der Waals surface area contributed by atoms with E-state index < -0.39 is 0 Å².